The summed E-state index contributed by atoms with van der Waals surface area (Å²) < 4.78 is 5.40. The number of carbonyl (C=O) groups excluding carboxylic acids is 2. The van der Waals surface area contributed by atoms with Crippen molar-refractivity contribution in [3.63, 3.8) is 0 Å². The maximum atomic E-state index is 13.1. The number of hydrogen-bond acceptors (Lipinski definition) is 3. The third-order valence-electron chi connectivity index (χ3n) is 7.30. The Hall–Kier alpha value is -2.04. The van der Waals surface area contributed by atoms with Crippen LogP contribution in [0.1, 0.15) is 44.9 Å². The Bertz CT molecular complexity index is 739. The average Bonchev–Trinajstić information content (AvgIpc) is 3.02. The summed E-state index contributed by atoms with van der Waals surface area (Å²) in [6, 6.07) is 7.52. The van der Waals surface area contributed by atoms with Crippen molar-refractivity contribution in [2.24, 2.45) is 23.7 Å². The molecule has 1 unspecified atom stereocenters. The standard InChI is InChI=1S/C22H28N2O3/c1-27-19-5-3-2-4-18(19)24-13-17(9-20(24)25)21(26)23-22-10-14-6-15(11-22)8-16(7-14)12-22/h2-5,14-17H,6-13H2,1H3,(H,23,26). The van der Waals surface area contributed by atoms with Gasteiger partial charge in [-0.25, -0.2) is 0 Å². The van der Waals surface area contributed by atoms with Crippen molar-refractivity contribution < 1.29 is 14.3 Å². The lowest BCUT2D eigenvalue weighted by Crippen LogP contribution is -2.60. The lowest BCUT2D eigenvalue weighted by atomic mass is 9.53. The molecule has 1 aromatic carbocycles. The predicted molar refractivity (Wildman–Crippen MR) is 102 cm³/mol. The van der Waals surface area contributed by atoms with Crippen LogP contribution in [0.25, 0.3) is 0 Å². The summed E-state index contributed by atoms with van der Waals surface area (Å²) in [5.41, 5.74) is 0.766. The SMILES string of the molecule is COc1ccccc1N1CC(C(=O)NC23CC4CC(CC(C4)C2)C3)CC1=O. The molecule has 1 N–H and O–H groups in total. The first kappa shape index (κ1) is 17.1. The second-order valence-corrected chi connectivity index (χ2v) is 9.26. The number of carbonyl (C=O) groups is 2. The quantitative estimate of drug-likeness (QED) is 0.888. The minimum atomic E-state index is -0.268. The summed E-state index contributed by atoms with van der Waals surface area (Å²) in [6.45, 7) is 0.442. The van der Waals surface area contributed by atoms with Crippen LogP contribution in [0.4, 0.5) is 5.69 Å². The second-order valence-electron chi connectivity index (χ2n) is 9.26. The highest BCUT2D eigenvalue weighted by atomic mass is 16.5. The van der Waals surface area contributed by atoms with Crippen LogP contribution in [0, 0.1) is 23.7 Å². The number of amides is 2. The zero-order chi connectivity index (χ0) is 18.6. The molecule has 1 heterocycles. The minimum Gasteiger partial charge on any atom is -0.495 e. The third-order valence-corrected chi connectivity index (χ3v) is 7.30. The van der Waals surface area contributed by atoms with E-state index < -0.39 is 0 Å². The normalized spacial score (nSPS) is 36.9. The van der Waals surface area contributed by atoms with Gasteiger partial charge in [0.2, 0.25) is 11.8 Å². The molecule has 1 aromatic rings. The van der Waals surface area contributed by atoms with Crippen LogP contribution in [-0.4, -0.2) is 31.0 Å². The maximum Gasteiger partial charge on any atom is 0.227 e. The fourth-order valence-corrected chi connectivity index (χ4v) is 6.60. The second kappa shape index (κ2) is 6.25. The molecule has 2 amide bonds. The molecule has 6 rings (SSSR count). The molecule has 5 aliphatic rings. The molecule has 4 bridgehead atoms. The molecule has 1 aliphatic heterocycles. The first-order chi connectivity index (χ1) is 13.0. The van der Waals surface area contributed by atoms with Gasteiger partial charge in [0.05, 0.1) is 18.7 Å². The highest BCUT2D eigenvalue weighted by molar-refractivity contribution is 6.01. The average molecular weight is 368 g/mol. The van der Waals surface area contributed by atoms with E-state index in [0.717, 1.165) is 42.7 Å². The number of benzene rings is 1. The largest absolute Gasteiger partial charge is 0.495 e. The van der Waals surface area contributed by atoms with Gasteiger partial charge >= 0.3 is 0 Å². The topological polar surface area (TPSA) is 58.6 Å². The molecule has 5 nitrogen and oxygen atoms in total. The van der Waals surface area contributed by atoms with E-state index >= 15 is 0 Å². The summed E-state index contributed by atoms with van der Waals surface area (Å²) >= 11 is 0. The molecule has 1 atom stereocenters. The van der Waals surface area contributed by atoms with E-state index in [1.165, 1.54) is 19.3 Å². The summed E-state index contributed by atoms with van der Waals surface area (Å²) in [7, 11) is 1.61. The van der Waals surface area contributed by atoms with Crippen LogP contribution < -0.4 is 15.0 Å². The van der Waals surface area contributed by atoms with Crippen LogP contribution in [0.15, 0.2) is 24.3 Å². The Balaban J connectivity index is 1.30. The van der Waals surface area contributed by atoms with Gasteiger partial charge in [0.1, 0.15) is 5.75 Å². The third kappa shape index (κ3) is 2.91. The van der Waals surface area contributed by atoms with Gasteiger partial charge in [-0.1, -0.05) is 12.1 Å². The van der Waals surface area contributed by atoms with Crippen molar-refractivity contribution >= 4 is 17.5 Å². The number of nitrogens with zero attached hydrogens (tertiary/aromatic N) is 1. The molecule has 0 radical (unpaired) electrons. The fourth-order valence-electron chi connectivity index (χ4n) is 6.60. The lowest BCUT2D eigenvalue weighted by molar-refractivity contribution is -0.131. The monoisotopic (exact) mass is 368 g/mol. The number of para-hydroxylation sites is 2. The molecule has 0 aromatic heterocycles. The van der Waals surface area contributed by atoms with Gasteiger partial charge < -0.3 is 15.0 Å². The number of methoxy groups -OCH3 is 1. The summed E-state index contributed by atoms with van der Waals surface area (Å²) in [6.07, 6.45) is 7.79. The Morgan fingerprint density at radius 3 is 2.37 bits per heavy atom. The Labute approximate surface area is 160 Å². The number of nitrogens with one attached hydrogen (secondary N) is 1. The zero-order valence-electron chi connectivity index (χ0n) is 15.9. The first-order valence-electron chi connectivity index (χ1n) is 10.3. The highest BCUT2D eigenvalue weighted by Gasteiger charge is 2.52. The van der Waals surface area contributed by atoms with Crippen molar-refractivity contribution in [3.05, 3.63) is 24.3 Å². The first-order valence-corrected chi connectivity index (χ1v) is 10.3. The number of ether oxygens (including phenoxy) is 1. The van der Waals surface area contributed by atoms with Gasteiger partial charge in [0.25, 0.3) is 0 Å². The van der Waals surface area contributed by atoms with Gasteiger partial charge in [0.15, 0.2) is 0 Å². The molecule has 1 saturated heterocycles. The van der Waals surface area contributed by atoms with Gasteiger partial charge in [-0.15, -0.1) is 0 Å². The van der Waals surface area contributed by atoms with Crippen molar-refractivity contribution in [2.45, 2.75) is 50.5 Å². The van der Waals surface area contributed by atoms with Gasteiger partial charge in [-0.3, -0.25) is 9.59 Å². The van der Waals surface area contributed by atoms with Crippen molar-refractivity contribution in [1.29, 1.82) is 0 Å². The molecular formula is C22H28N2O3. The summed E-state index contributed by atoms with van der Waals surface area (Å²) in [4.78, 5) is 27.4. The number of hydrogen-bond donors (Lipinski definition) is 1. The van der Waals surface area contributed by atoms with E-state index in [1.54, 1.807) is 12.0 Å². The molecule has 27 heavy (non-hydrogen) atoms. The van der Waals surface area contributed by atoms with Crippen LogP contribution in [0.5, 0.6) is 5.75 Å². The zero-order valence-corrected chi connectivity index (χ0v) is 15.9. The van der Waals surface area contributed by atoms with Crippen molar-refractivity contribution in [3.8, 4) is 5.75 Å². The molecule has 5 heteroatoms. The molecule has 4 saturated carbocycles. The van der Waals surface area contributed by atoms with Gasteiger partial charge in [-0.2, -0.15) is 0 Å². The van der Waals surface area contributed by atoms with Crippen LogP contribution in [-0.2, 0) is 9.59 Å². The molecule has 144 valence electrons. The van der Waals surface area contributed by atoms with Gasteiger partial charge in [-0.05, 0) is 68.4 Å². The van der Waals surface area contributed by atoms with Crippen molar-refractivity contribution in [1.82, 2.24) is 5.32 Å². The highest BCUT2D eigenvalue weighted by Crippen LogP contribution is 2.55. The van der Waals surface area contributed by atoms with E-state index in [-0.39, 0.29) is 29.7 Å². The van der Waals surface area contributed by atoms with E-state index in [4.69, 9.17) is 4.74 Å². The molecular weight excluding hydrogens is 340 g/mol. The van der Waals surface area contributed by atoms with Crippen LogP contribution in [0.3, 0.4) is 0 Å². The van der Waals surface area contributed by atoms with Crippen LogP contribution >= 0.6 is 0 Å². The van der Waals surface area contributed by atoms with E-state index in [1.807, 2.05) is 24.3 Å². The number of anilines is 1. The van der Waals surface area contributed by atoms with E-state index in [2.05, 4.69) is 5.32 Å². The Morgan fingerprint density at radius 2 is 1.74 bits per heavy atom. The minimum absolute atomic E-state index is 0.00478. The molecule has 0 spiro atoms. The molecule has 5 fully saturated rings. The Morgan fingerprint density at radius 1 is 1.11 bits per heavy atom. The number of rotatable bonds is 4. The van der Waals surface area contributed by atoms with E-state index in [9.17, 15) is 9.59 Å². The van der Waals surface area contributed by atoms with E-state index in [0.29, 0.717) is 12.3 Å². The molecule has 4 aliphatic carbocycles. The summed E-state index contributed by atoms with van der Waals surface area (Å²) in [5.74, 6) is 2.88. The summed E-state index contributed by atoms with van der Waals surface area (Å²) in [5, 5.41) is 3.44. The fraction of sp³-hybridized carbons (Fsp3) is 0.636. The predicted octanol–water partition coefficient (Wildman–Crippen LogP) is 3.13. The maximum absolute atomic E-state index is 13.1. The van der Waals surface area contributed by atoms with Crippen LogP contribution in [0.2, 0.25) is 0 Å². The van der Waals surface area contributed by atoms with Gasteiger partial charge in [0, 0.05) is 18.5 Å². The smallest absolute Gasteiger partial charge is 0.227 e. The van der Waals surface area contributed by atoms with Crippen molar-refractivity contribution in [2.75, 3.05) is 18.6 Å². The lowest BCUT2D eigenvalue weighted by Gasteiger charge is -2.57. The Kier molecular flexibility index (Phi) is 3.95.